The van der Waals surface area contributed by atoms with Gasteiger partial charge in [0.05, 0.1) is 18.3 Å². The number of nitrogens with zero attached hydrogens (tertiary/aromatic N) is 1. The molecule has 0 radical (unpaired) electrons. The van der Waals surface area contributed by atoms with Gasteiger partial charge in [-0.3, -0.25) is 9.69 Å². The van der Waals surface area contributed by atoms with Crippen molar-refractivity contribution in [2.45, 2.75) is 19.4 Å². The second-order valence-corrected chi connectivity index (χ2v) is 4.55. The van der Waals surface area contributed by atoms with Gasteiger partial charge in [0.1, 0.15) is 11.6 Å². The molecule has 0 spiro atoms. The first kappa shape index (κ1) is 15.5. The molecule has 0 saturated heterocycles. The predicted octanol–water partition coefficient (Wildman–Crippen LogP) is 1.61. The average molecular weight is 272 g/mol. The van der Waals surface area contributed by atoms with Crippen LogP contribution in [0.25, 0.3) is 0 Å². The summed E-state index contributed by atoms with van der Waals surface area (Å²) in [7, 11) is 1.71. The summed E-state index contributed by atoms with van der Waals surface area (Å²) in [4.78, 5) is 13.3. The largest absolute Gasteiger partial charge is 0.393 e. The third-order valence-corrected chi connectivity index (χ3v) is 2.54. The lowest BCUT2D eigenvalue weighted by Crippen LogP contribution is -2.32. The Labute approximate surface area is 111 Å². The van der Waals surface area contributed by atoms with Crippen LogP contribution in [-0.2, 0) is 4.79 Å². The molecule has 0 aliphatic carbocycles. The van der Waals surface area contributed by atoms with Crippen molar-refractivity contribution in [2.24, 2.45) is 0 Å². The zero-order chi connectivity index (χ0) is 14.4. The van der Waals surface area contributed by atoms with Crippen LogP contribution in [0.3, 0.4) is 0 Å². The summed E-state index contributed by atoms with van der Waals surface area (Å²) in [6, 6.07) is 2.88. The van der Waals surface area contributed by atoms with Gasteiger partial charge in [-0.1, -0.05) is 0 Å². The number of nitrogens with one attached hydrogen (secondary N) is 1. The molecule has 1 unspecified atom stereocenters. The topological polar surface area (TPSA) is 52.6 Å². The third kappa shape index (κ3) is 5.76. The van der Waals surface area contributed by atoms with Crippen LogP contribution in [0.4, 0.5) is 14.5 Å². The number of carbonyl (C=O) groups excluding carboxylic acids is 1. The van der Waals surface area contributed by atoms with E-state index in [9.17, 15) is 13.6 Å². The molecule has 4 nitrogen and oxygen atoms in total. The smallest absolute Gasteiger partial charge is 0.238 e. The van der Waals surface area contributed by atoms with Crippen LogP contribution in [0.2, 0.25) is 0 Å². The minimum absolute atomic E-state index is 0.0443. The van der Waals surface area contributed by atoms with Crippen molar-refractivity contribution in [3.63, 3.8) is 0 Å². The third-order valence-electron chi connectivity index (χ3n) is 2.54. The maximum Gasteiger partial charge on any atom is 0.238 e. The first-order valence-electron chi connectivity index (χ1n) is 6.00. The van der Waals surface area contributed by atoms with E-state index >= 15 is 0 Å². The average Bonchev–Trinajstić information content (AvgIpc) is 2.31. The van der Waals surface area contributed by atoms with Crippen LogP contribution in [0, 0.1) is 11.6 Å². The zero-order valence-electron chi connectivity index (χ0n) is 11.0. The molecular weight excluding hydrogens is 254 g/mol. The number of amides is 1. The summed E-state index contributed by atoms with van der Waals surface area (Å²) < 4.78 is 26.2. The molecule has 2 N–H and O–H groups in total. The molecule has 0 saturated carbocycles. The Morgan fingerprint density at radius 3 is 2.79 bits per heavy atom. The van der Waals surface area contributed by atoms with Crippen LogP contribution >= 0.6 is 0 Å². The molecule has 0 aromatic heterocycles. The van der Waals surface area contributed by atoms with Gasteiger partial charge < -0.3 is 10.4 Å². The number of likely N-dealkylation sites (N-methyl/N-ethyl adjacent to an activating group) is 1. The van der Waals surface area contributed by atoms with Gasteiger partial charge in [-0.15, -0.1) is 0 Å². The summed E-state index contributed by atoms with van der Waals surface area (Å²) in [5, 5.41) is 11.4. The second-order valence-electron chi connectivity index (χ2n) is 4.55. The van der Waals surface area contributed by atoms with Crippen molar-refractivity contribution >= 4 is 11.6 Å². The highest BCUT2D eigenvalue weighted by atomic mass is 19.1. The molecule has 0 fully saturated rings. The molecule has 1 aromatic carbocycles. The van der Waals surface area contributed by atoms with Crippen LogP contribution in [0.1, 0.15) is 13.3 Å². The van der Waals surface area contributed by atoms with Gasteiger partial charge in [0.25, 0.3) is 0 Å². The molecule has 19 heavy (non-hydrogen) atoms. The fourth-order valence-corrected chi connectivity index (χ4v) is 1.51. The summed E-state index contributed by atoms with van der Waals surface area (Å²) >= 11 is 0. The summed E-state index contributed by atoms with van der Waals surface area (Å²) in [6.07, 6.45) is 0.101. The SMILES string of the molecule is CC(O)CCN(C)CC(=O)Nc1cc(F)ccc1F. The van der Waals surface area contributed by atoms with E-state index in [1.54, 1.807) is 18.9 Å². The highest BCUT2D eigenvalue weighted by Gasteiger charge is 2.11. The maximum absolute atomic E-state index is 13.3. The molecule has 0 aliphatic rings. The van der Waals surface area contributed by atoms with Crippen molar-refractivity contribution in [3.05, 3.63) is 29.8 Å². The maximum atomic E-state index is 13.3. The number of anilines is 1. The quantitative estimate of drug-likeness (QED) is 0.827. The molecular formula is C13H18F2N2O2. The van der Waals surface area contributed by atoms with Crippen LogP contribution in [0.5, 0.6) is 0 Å². The molecule has 0 bridgehead atoms. The highest BCUT2D eigenvalue weighted by Crippen LogP contribution is 2.15. The molecule has 1 amide bonds. The Morgan fingerprint density at radius 1 is 1.47 bits per heavy atom. The van der Waals surface area contributed by atoms with Crippen LogP contribution in [0.15, 0.2) is 18.2 Å². The first-order valence-corrected chi connectivity index (χ1v) is 6.00. The summed E-state index contributed by atoms with van der Waals surface area (Å²) in [5.41, 5.74) is -0.172. The Bertz CT molecular complexity index is 439. The van der Waals surface area contributed by atoms with E-state index in [0.717, 1.165) is 18.2 Å². The number of hydrogen-bond donors (Lipinski definition) is 2. The van der Waals surface area contributed by atoms with Gasteiger partial charge in [0, 0.05) is 12.6 Å². The lowest BCUT2D eigenvalue weighted by atomic mass is 10.2. The number of hydrogen-bond acceptors (Lipinski definition) is 3. The minimum atomic E-state index is -0.679. The van der Waals surface area contributed by atoms with Crippen molar-refractivity contribution in [1.82, 2.24) is 4.90 Å². The number of benzene rings is 1. The normalized spacial score (nSPS) is 12.5. The van der Waals surface area contributed by atoms with Gasteiger partial charge in [-0.05, 0) is 32.5 Å². The van der Waals surface area contributed by atoms with E-state index in [-0.39, 0.29) is 12.2 Å². The molecule has 1 atom stereocenters. The van der Waals surface area contributed by atoms with Gasteiger partial charge in [0.15, 0.2) is 0 Å². The molecule has 1 rings (SSSR count). The number of carbonyl (C=O) groups is 1. The number of aliphatic hydroxyl groups excluding tert-OH is 1. The minimum Gasteiger partial charge on any atom is -0.393 e. The lowest BCUT2D eigenvalue weighted by Gasteiger charge is -2.17. The van der Waals surface area contributed by atoms with Crippen molar-refractivity contribution < 1.29 is 18.7 Å². The Morgan fingerprint density at radius 2 is 2.16 bits per heavy atom. The zero-order valence-corrected chi connectivity index (χ0v) is 11.0. The molecule has 0 heterocycles. The first-order chi connectivity index (χ1) is 8.88. The van der Waals surface area contributed by atoms with E-state index in [4.69, 9.17) is 5.11 Å². The van der Waals surface area contributed by atoms with Crippen molar-refractivity contribution in [2.75, 3.05) is 25.5 Å². The van der Waals surface area contributed by atoms with E-state index in [0.29, 0.717) is 13.0 Å². The van der Waals surface area contributed by atoms with Crippen LogP contribution < -0.4 is 5.32 Å². The van der Waals surface area contributed by atoms with Crippen LogP contribution in [-0.4, -0.2) is 42.2 Å². The number of rotatable bonds is 6. The van der Waals surface area contributed by atoms with E-state index in [1.807, 2.05) is 0 Å². The van der Waals surface area contributed by atoms with Gasteiger partial charge in [-0.2, -0.15) is 0 Å². The fraction of sp³-hybridized carbons (Fsp3) is 0.462. The highest BCUT2D eigenvalue weighted by molar-refractivity contribution is 5.92. The monoisotopic (exact) mass is 272 g/mol. The molecule has 1 aromatic rings. The van der Waals surface area contributed by atoms with E-state index < -0.39 is 23.6 Å². The molecule has 106 valence electrons. The van der Waals surface area contributed by atoms with E-state index in [2.05, 4.69) is 5.32 Å². The fourth-order valence-electron chi connectivity index (χ4n) is 1.51. The van der Waals surface area contributed by atoms with Gasteiger partial charge >= 0.3 is 0 Å². The lowest BCUT2D eigenvalue weighted by molar-refractivity contribution is -0.117. The summed E-state index contributed by atoms with van der Waals surface area (Å²) in [5.74, 6) is -1.72. The van der Waals surface area contributed by atoms with Gasteiger partial charge in [0.2, 0.25) is 5.91 Å². The Kier molecular flexibility index (Phi) is 5.85. The Balaban J connectivity index is 2.48. The second kappa shape index (κ2) is 7.16. The standard InChI is InChI=1S/C13H18F2N2O2/c1-9(18)5-6-17(2)8-13(19)16-12-7-10(14)3-4-11(12)15/h3-4,7,9,18H,5-6,8H2,1-2H3,(H,16,19). The number of aliphatic hydroxyl groups is 1. The predicted molar refractivity (Wildman–Crippen MR) is 68.8 cm³/mol. The van der Waals surface area contributed by atoms with E-state index in [1.165, 1.54) is 0 Å². The molecule has 6 heteroatoms. The molecule has 0 aliphatic heterocycles. The summed E-state index contributed by atoms with van der Waals surface area (Å²) in [6.45, 7) is 2.25. The van der Waals surface area contributed by atoms with Gasteiger partial charge in [-0.25, -0.2) is 8.78 Å². The Hall–Kier alpha value is -1.53. The number of halogens is 2. The van der Waals surface area contributed by atoms with Crippen molar-refractivity contribution in [1.29, 1.82) is 0 Å². The van der Waals surface area contributed by atoms with Crippen molar-refractivity contribution in [3.8, 4) is 0 Å².